The fourth-order valence-corrected chi connectivity index (χ4v) is 2.66. The Morgan fingerprint density at radius 3 is 2.29 bits per heavy atom. The van der Waals surface area contributed by atoms with Gasteiger partial charge >= 0.3 is 6.18 Å². The molecular formula is C17H23F3N6O2. The molecule has 2 amide bonds. The number of nitrogens with zero attached hydrogens (tertiary/aromatic N) is 4. The highest BCUT2D eigenvalue weighted by atomic mass is 19.4. The minimum absolute atomic E-state index is 0.0541. The van der Waals surface area contributed by atoms with Gasteiger partial charge < -0.3 is 10.6 Å². The summed E-state index contributed by atoms with van der Waals surface area (Å²) in [6.07, 6.45) is -4.37. The summed E-state index contributed by atoms with van der Waals surface area (Å²) in [5.74, 6) is -2.06. The predicted octanol–water partition coefficient (Wildman–Crippen LogP) is 1.72. The maximum atomic E-state index is 12.8. The van der Waals surface area contributed by atoms with Crippen LogP contribution in [0.1, 0.15) is 50.0 Å². The Balaban J connectivity index is 2.06. The molecule has 154 valence electrons. The normalized spacial score (nSPS) is 12.3. The molecule has 0 bridgehead atoms. The third-order valence-electron chi connectivity index (χ3n) is 3.87. The highest BCUT2D eigenvalue weighted by Crippen LogP contribution is 2.27. The Kier molecular flexibility index (Phi) is 5.95. The van der Waals surface area contributed by atoms with E-state index >= 15 is 0 Å². The zero-order valence-electron chi connectivity index (χ0n) is 16.4. The van der Waals surface area contributed by atoms with E-state index in [0.29, 0.717) is 17.0 Å². The van der Waals surface area contributed by atoms with Crippen molar-refractivity contribution in [1.82, 2.24) is 30.2 Å². The molecule has 2 aromatic heterocycles. The molecule has 0 saturated heterocycles. The standard InChI is InChI=1S/C17H23F3N6O2/c1-9-11(6-7-12(27)21-8-13(28)24-16(3,4)5)10(2)26-15(22-9)23-14(25-26)17(18,19)20/h6-8H2,1-5H3,(H,21,27)(H,24,28). The van der Waals surface area contributed by atoms with Crippen LogP contribution in [-0.2, 0) is 22.2 Å². The summed E-state index contributed by atoms with van der Waals surface area (Å²) in [7, 11) is 0. The average Bonchev–Trinajstić information content (AvgIpc) is 2.95. The van der Waals surface area contributed by atoms with Crippen LogP contribution < -0.4 is 10.6 Å². The van der Waals surface area contributed by atoms with Crippen molar-refractivity contribution in [3.05, 3.63) is 22.8 Å². The molecule has 0 unspecified atom stereocenters. The van der Waals surface area contributed by atoms with Gasteiger partial charge in [0.1, 0.15) is 0 Å². The van der Waals surface area contributed by atoms with Crippen LogP contribution in [0.5, 0.6) is 0 Å². The molecule has 11 heteroatoms. The second kappa shape index (κ2) is 7.72. The van der Waals surface area contributed by atoms with Crippen LogP contribution in [0.2, 0.25) is 0 Å². The summed E-state index contributed by atoms with van der Waals surface area (Å²) in [4.78, 5) is 31.2. The number of amides is 2. The van der Waals surface area contributed by atoms with E-state index in [4.69, 9.17) is 0 Å². The zero-order valence-corrected chi connectivity index (χ0v) is 16.4. The van der Waals surface area contributed by atoms with Gasteiger partial charge in [-0.1, -0.05) is 0 Å². The Bertz CT molecular complexity index is 899. The van der Waals surface area contributed by atoms with Crippen molar-refractivity contribution in [2.45, 2.75) is 59.2 Å². The van der Waals surface area contributed by atoms with Gasteiger partial charge in [0.05, 0.1) is 6.54 Å². The van der Waals surface area contributed by atoms with Gasteiger partial charge in [-0.05, 0) is 46.6 Å². The monoisotopic (exact) mass is 400 g/mol. The van der Waals surface area contributed by atoms with Gasteiger partial charge in [-0.25, -0.2) is 9.50 Å². The Hall–Kier alpha value is -2.72. The molecule has 28 heavy (non-hydrogen) atoms. The van der Waals surface area contributed by atoms with Gasteiger partial charge in [0.2, 0.25) is 11.8 Å². The first kappa shape index (κ1) is 21.6. The highest BCUT2D eigenvalue weighted by Gasteiger charge is 2.37. The fraction of sp³-hybridized carbons (Fsp3) is 0.588. The van der Waals surface area contributed by atoms with Gasteiger partial charge in [0.15, 0.2) is 0 Å². The van der Waals surface area contributed by atoms with Crippen LogP contribution in [0.25, 0.3) is 5.78 Å². The second-order valence-corrected chi connectivity index (χ2v) is 7.48. The van der Waals surface area contributed by atoms with Gasteiger partial charge in [-0.3, -0.25) is 9.59 Å². The smallest absolute Gasteiger partial charge is 0.350 e. The number of carbonyl (C=O) groups excluding carboxylic acids is 2. The summed E-state index contributed by atoms with van der Waals surface area (Å²) in [5, 5.41) is 8.72. The summed E-state index contributed by atoms with van der Waals surface area (Å²) >= 11 is 0. The fourth-order valence-electron chi connectivity index (χ4n) is 2.66. The van der Waals surface area contributed by atoms with Crippen molar-refractivity contribution in [2.75, 3.05) is 6.54 Å². The lowest BCUT2D eigenvalue weighted by molar-refractivity contribution is -0.144. The molecule has 0 aromatic carbocycles. The van der Waals surface area contributed by atoms with Gasteiger partial charge in [-0.15, -0.1) is 5.10 Å². The van der Waals surface area contributed by atoms with E-state index in [1.807, 2.05) is 20.8 Å². The van der Waals surface area contributed by atoms with Gasteiger partial charge in [-0.2, -0.15) is 18.2 Å². The zero-order chi connectivity index (χ0) is 21.3. The number of hydrogen-bond donors (Lipinski definition) is 2. The van der Waals surface area contributed by atoms with Crippen LogP contribution in [0.15, 0.2) is 0 Å². The molecule has 2 aromatic rings. The molecule has 2 rings (SSSR count). The van der Waals surface area contributed by atoms with Gasteiger partial charge in [0, 0.05) is 23.3 Å². The molecule has 0 radical (unpaired) electrons. The Labute approximate surface area is 159 Å². The summed E-state index contributed by atoms with van der Waals surface area (Å²) in [6, 6.07) is 0. The molecule has 0 fully saturated rings. The third kappa shape index (κ3) is 5.40. The lowest BCUT2D eigenvalue weighted by Gasteiger charge is -2.20. The van der Waals surface area contributed by atoms with E-state index in [2.05, 4.69) is 25.7 Å². The summed E-state index contributed by atoms with van der Waals surface area (Å²) in [5.41, 5.74) is 1.12. The quantitative estimate of drug-likeness (QED) is 0.796. The minimum atomic E-state index is -4.66. The molecule has 0 spiro atoms. The van der Waals surface area contributed by atoms with E-state index in [0.717, 1.165) is 4.52 Å². The van der Waals surface area contributed by atoms with Crippen LogP contribution in [0.4, 0.5) is 13.2 Å². The van der Waals surface area contributed by atoms with E-state index < -0.39 is 17.5 Å². The number of alkyl halides is 3. The first-order chi connectivity index (χ1) is 12.8. The van der Waals surface area contributed by atoms with E-state index in [9.17, 15) is 22.8 Å². The van der Waals surface area contributed by atoms with Crippen molar-refractivity contribution in [1.29, 1.82) is 0 Å². The number of hydrogen-bond acceptors (Lipinski definition) is 5. The number of aromatic nitrogens is 4. The molecule has 0 saturated carbocycles. The second-order valence-electron chi connectivity index (χ2n) is 7.48. The van der Waals surface area contributed by atoms with Crippen molar-refractivity contribution in [3.8, 4) is 0 Å². The lowest BCUT2D eigenvalue weighted by atomic mass is 10.1. The van der Waals surface area contributed by atoms with Crippen LogP contribution in [-0.4, -0.2) is 43.5 Å². The molecule has 0 aliphatic rings. The number of nitrogens with one attached hydrogen (secondary N) is 2. The first-order valence-electron chi connectivity index (χ1n) is 8.65. The summed E-state index contributed by atoms with van der Waals surface area (Å²) in [6.45, 7) is 8.57. The SMILES string of the molecule is Cc1nc2nc(C(F)(F)F)nn2c(C)c1CCC(=O)NCC(=O)NC(C)(C)C. The first-order valence-corrected chi connectivity index (χ1v) is 8.65. The number of carbonyl (C=O) groups is 2. The number of halogens is 3. The topological polar surface area (TPSA) is 101 Å². The Morgan fingerprint density at radius 2 is 1.71 bits per heavy atom. The van der Waals surface area contributed by atoms with E-state index in [1.54, 1.807) is 13.8 Å². The van der Waals surface area contributed by atoms with Crippen molar-refractivity contribution in [2.24, 2.45) is 0 Å². The van der Waals surface area contributed by atoms with E-state index in [1.165, 1.54) is 0 Å². The highest BCUT2D eigenvalue weighted by molar-refractivity contribution is 5.85. The van der Waals surface area contributed by atoms with Crippen molar-refractivity contribution >= 4 is 17.6 Å². The van der Waals surface area contributed by atoms with Crippen molar-refractivity contribution < 1.29 is 22.8 Å². The molecule has 0 aliphatic heterocycles. The number of rotatable bonds is 5. The predicted molar refractivity (Wildman–Crippen MR) is 94.5 cm³/mol. The Morgan fingerprint density at radius 1 is 1.07 bits per heavy atom. The third-order valence-corrected chi connectivity index (χ3v) is 3.87. The largest absolute Gasteiger partial charge is 0.453 e. The van der Waals surface area contributed by atoms with Crippen molar-refractivity contribution in [3.63, 3.8) is 0 Å². The lowest BCUT2D eigenvalue weighted by Crippen LogP contribution is -2.45. The van der Waals surface area contributed by atoms with Crippen LogP contribution in [0.3, 0.4) is 0 Å². The number of aryl methyl sites for hydroxylation is 2. The van der Waals surface area contributed by atoms with Gasteiger partial charge in [0.25, 0.3) is 11.6 Å². The molecule has 2 heterocycles. The van der Waals surface area contributed by atoms with E-state index in [-0.39, 0.29) is 37.0 Å². The maximum Gasteiger partial charge on any atom is 0.453 e. The average molecular weight is 400 g/mol. The molecule has 2 N–H and O–H groups in total. The molecule has 0 aliphatic carbocycles. The molecule has 8 nitrogen and oxygen atoms in total. The minimum Gasteiger partial charge on any atom is -0.350 e. The maximum absolute atomic E-state index is 12.8. The number of fused-ring (bicyclic) bond motifs is 1. The molecule has 0 atom stereocenters. The molecular weight excluding hydrogens is 377 g/mol. The van der Waals surface area contributed by atoms with Crippen LogP contribution in [0, 0.1) is 13.8 Å². The summed E-state index contributed by atoms with van der Waals surface area (Å²) < 4.78 is 39.5. The van der Waals surface area contributed by atoms with Crippen LogP contribution >= 0.6 is 0 Å².